The molecule has 0 spiro atoms. The number of hydrogen-bond acceptors (Lipinski definition) is 3. The Morgan fingerprint density at radius 1 is 1.08 bits per heavy atom. The van der Waals surface area contributed by atoms with Gasteiger partial charge in [0.15, 0.2) is 0 Å². The van der Waals surface area contributed by atoms with Crippen LogP contribution in [0.5, 0.6) is 5.75 Å². The number of urea groups is 1. The molecule has 5 nitrogen and oxygen atoms in total. The monoisotopic (exact) mass is 346 g/mol. The Balaban J connectivity index is 1.73. The maximum absolute atomic E-state index is 11.7. The molecule has 0 aliphatic heterocycles. The number of nitrogens with one attached hydrogen (secondary N) is 2. The molecule has 0 fully saturated rings. The van der Waals surface area contributed by atoms with Crippen LogP contribution >= 0.6 is 0 Å². The second-order valence-electron chi connectivity index (χ2n) is 5.31. The van der Waals surface area contributed by atoms with Crippen LogP contribution in [0.1, 0.15) is 12.0 Å². The first kappa shape index (κ1) is 18.0. The molecular formula is C18H22N2O3S. The molecule has 1 atom stereocenters. The highest BCUT2D eigenvalue weighted by Crippen LogP contribution is 2.17. The molecule has 0 aliphatic rings. The van der Waals surface area contributed by atoms with E-state index in [9.17, 15) is 9.00 Å². The SMILES string of the molecule is C[S@@](=O)CCCNC(=O)Nc1ccc(OCc2ccccc2)cc1. The number of benzene rings is 2. The first-order valence-electron chi connectivity index (χ1n) is 7.75. The third-order valence-corrected chi connectivity index (χ3v) is 4.12. The average Bonchev–Trinajstić information content (AvgIpc) is 2.59. The third-order valence-electron chi connectivity index (χ3n) is 3.25. The van der Waals surface area contributed by atoms with E-state index in [1.807, 2.05) is 42.5 Å². The molecule has 0 aliphatic carbocycles. The summed E-state index contributed by atoms with van der Waals surface area (Å²) in [5, 5.41) is 5.48. The van der Waals surface area contributed by atoms with Crippen LogP contribution in [-0.2, 0) is 17.4 Å². The molecule has 2 N–H and O–H groups in total. The third kappa shape index (κ3) is 6.83. The Morgan fingerprint density at radius 3 is 2.46 bits per heavy atom. The van der Waals surface area contributed by atoms with Crippen molar-refractivity contribution >= 4 is 22.5 Å². The Bertz CT molecular complexity index is 660. The summed E-state index contributed by atoms with van der Waals surface area (Å²) in [5.41, 5.74) is 1.80. The lowest BCUT2D eigenvalue weighted by atomic mass is 10.2. The molecule has 0 radical (unpaired) electrons. The number of hydrogen-bond donors (Lipinski definition) is 2. The van der Waals surface area contributed by atoms with Crippen molar-refractivity contribution in [2.45, 2.75) is 13.0 Å². The van der Waals surface area contributed by atoms with Gasteiger partial charge in [-0.25, -0.2) is 4.79 Å². The molecule has 2 amide bonds. The average molecular weight is 346 g/mol. The zero-order chi connectivity index (χ0) is 17.2. The predicted octanol–water partition coefficient (Wildman–Crippen LogP) is 3.16. The lowest BCUT2D eigenvalue weighted by molar-refractivity contribution is 0.252. The summed E-state index contributed by atoms with van der Waals surface area (Å²) in [5.74, 6) is 1.34. The maximum Gasteiger partial charge on any atom is 0.319 e. The predicted molar refractivity (Wildman–Crippen MR) is 97.8 cm³/mol. The van der Waals surface area contributed by atoms with E-state index in [1.165, 1.54) is 0 Å². The van der Waals surface area contributed by atoms with E-state index in [0.29, 0.717) is 31.0 Å². The van der Waals surface area contributed by atoms with Crippen molar-refractivity contribution in [3.8, 4) is 5.75 Å². The van der Waals surface area contributed by atoms with Gasteiger partial charge in [-0.1, -0.05) is 30.3 Å². The second kappa shape index (κ2) is 9.72. The Kier molecular flexibility index (Phi) is 7.29. The Morgan fingerprint density at radius 2 is 1.79 bits per heavy atom. The van der Waals surface area contributed by atoms with Crippen molar-refractivity contribution < 1.29 is 13.7 Å². The molecule has 6 heteroatoms. The van der Waals surface area contributed by atoms with Gasteiger partial charge in [-0.05, 0) is 36.2 Å². The summed E-state index contributed by atoms with van der Waals surface area (Å²) in [7, 11) is -0.823. The summed E-state index contributed by atoms with van der Waals surface area (Å²) < 4.78 is 16.6. The van der Waals surface area contributed by atoms with Gasteiger partial charge in [0.25, 0.3) is 0 Å². The van der Waals surface area contributed by atoms with E-state index in [-0.39, 0.29) is 6.03 Å². The van der Waals surface area contributed by atoms with E-state index in [2.05, 4.69) is 10.6 Å². The number of carbonyl (C=O) groups is 1. The Labute approximate surface area is 144 Å². The first-order valence-corrected chi connectivity index (χ1v) is 9.48. The summed E-state index contributed by atoms with van der Waals surface area (Å²) in [4.78, 5) is 11.7. The molecule has 0 unspecified atom stereocenters. The molecule has 0 bridgehead atoms. The minimum absolute atomic E-state index is 0.269. The Hall–Kier alpha value is -2.34. The van der Waals surface area contributed by atoms with Crippen LogP contribution in [0.3, 0.4) is 0 Å². The fraction of sp³-hybridized carbons (Fsp3) is 0.278. The standard InChI is InChI=1S/C18H22N2O3S/c1-24(22)13-5-12-19-18(21)20-16-8-10-17(11-9-16)23-14-15-6-3-2-4-7-15/h2-4,6-11H,5,12-14H2,1H3,(H2,19,20,21)/t24-/m1/s1. The molecule has 2 aromatic carbocycles. The highest BCUT2D eigenvalue weighted by Gasteiger charge is 2.02. The number of anilines is 1. The minimum Gasteiger partial charge on any atom is -0.489 e. The van der Waals surface area contributed by atoms with Crippen molar-refractivity contribution in [3.05, 3.63) is 60.2 Å². The van der Waals surface area contributed by atoms with Crippen LogP contribution in [0.15, 0.2) is 54.6 Å². The van der Waals surface area contributed by atoms with E-state index < -0.39 is 10.8 Å². The molecule has 2 aromatic rings. The van der Waals surface area contributed by atoms with Gasteiger partial charge in [-0.2, -0.15) is 0 Å². The summed E-state index contributed by atoms with van der Waals surface area (Å²) in [6.07, 6.45) is 2.35. The molecule has 0 saturated heterocycles. The van der Waals surface area contributed by atoms with Crippen molar-refractivity contribution in [1.29, 1.82) is 0 Å². The fourth-order valence-corrected chi connectivity index (χ4v) is 2.58. The fourth-order valence-electron chi connectivity index (χ4n) is 2.03. The molecule has 0 heterocycles. The number of amides is 2. The van der Waals surface area contributed by atoms with Crippen molar-refractivity contribution in [2.75, 3.05) is 23.9 Å². The highest BCUT2D eigenvalue weighted by atomic mass is 32.2. The van der Waals surface area contributed by atoms with E-state index >= 15 is 0 Å². The second-order valence-corrected chi connectivity index (χ2v) is 6.87. The van der Waals surface area contributed by atoms with Gasteiger partial charge in [0, 0.05) is 35.0 Å². The summed E-state index contributed by atoms with van der Waals surface area (Å²) in [6.45, 7) is 1.01. The van der Waals surface area contributed by atoms with Gasteiger partial charge < -0.3 is 15.4 Å². The van der Waals surface area contributed by atoms with Crippen LogP contribution in [0.4, 0.5) is 10.5 Å². The van der Waals surface area contributed by atoms with Crippen LogP contribution < -0.4 is 15.4 Å². The van der Waals surface area contributed by atoms with Gasteiger partial charge in [0.1, 0.15) is 12.4 Å². The number of carbonyl (C=O) groups excluding carboxylic acids is 1. The smallest absolute Gasteiger partial charge is 0.319 e. The highest BCUT2D eigenvalue weighted by molar-refractivity contribution is 7.84. The van der Waals surface area contributed by atoms with Gasteiger partial charge in [0.2, 0.25) is 0 Å². The number of rotatable bonds is 8. The summed E-state index contributed by atoms with van der Waals surface area (Å²) in [6, 6.07) is 16.9. The van der Waals surface area contributed by atoms with Crippen molar-refractivity contribution in [3.63, 3.8) is 0 Å². The summed E-state index contributed by atoms with van der Waals surface area (Å²) >= 11 is 0. The molecule has 2 rings (SSSR count). The van der Waals surface area contributed by atoms with Crippen LogP contribution in [0, 0.1) is 0 Å². The number of ether oxygens (including phenoxy) is 1. The van der Waals surface area contributed by atoms with Gasteiger partial charge in [-0.15, -0.1) is 0 Å². The maximum atomic E-state index is 11.7. The minimum atomic E-state index is -0.823. The van der Waals surface area contributed by atoms with Gasteiger partial charge in [-0.3, -0.25) is 4.21 Å². The topological polar surface area (TPSA) is 67.4 Å². The molecule has 0 aromatic heterocycles. The molecule has 24 heavy (non-hydrogen) atoms. The normalized spacial score (nSPS) is 11.5. The van der Waals surface area contributed by atoms with Gasteiger partial charge >= 0.3 is 6.03 Å². The molecule has 128 valence electrons. The lowest BCUT2D eigenvalue weighted by Crippen LogP contribution is -2.30. The van der Waals surface area contributed by atoms with Crippen molar-refractivity contribution in [2.24, 2.45) is 0 Å². The van der Waals surface area contributed by atoms with E-state index in [4.69, 9.17) is 4.74 Å². The largest absolute Gasteiger partial charge is 0.489 e. The zero-order valence-corrected chi connectivity index (χ0v) is 14.5. The van der Waals surface area contributed by atoms with Crippen LogP contribution in [0.25, 0.3) is 0 Å². The first-order chi connectivity index (χ1) is 11.6. The molecular weight excluding hydrogens is 324 g/mol. The van der Waals surface area contributed by atoms with Crippen molar-refractivity contribution in [1.82, 2.24) is 5.32 Å². The quantitative estimate of drug-likeness (QED) is 0.722. The molecule has 0 saturated carbocycles. The van der Waals surface area contributed by atoms with Crippen LogP contribution in [0.2, 0.25) is 0 Å². The lowest BCUT2D eigenvalue weighted by Gasteiger charge is -2.09. The van der Waals surface area contributed by atoms with E-state index in [0.717, 1.165) is 11.3 Å². The zero-order valence-electron chi connectivity index (χ0n) is 13.7. The van der Waals surface area contributed by atoms with Gasteiger partial charge in [0.05, 0.1) is 0 Å². The van der Waals surface area contributed by atoms with E-state index in [1.54, 1.807) is 18.4 Å². The van der Waals surface area contributed by atoms with Crippen LogP contribution in [-0.4, -0.2) is 28.8 Å².